The van der Waals surface area contributed by atoms with Crippen molar-refractivity contribution in [2.75, 3.05) is 20.1 Å². The number of likely N-dealkylation sites (N-methyl/N-ethyl adjacent to an activating group) is 1. The number of nitrogens with two attached hydrogens (primary N) is 1. The molecule has 0 aromatic heterocycles. The first-order valence-electron chi connectivity index (χ1n) is 5.96. The molecule has 0 saturated carbocycles. The number of benzene rings is 1. The van der Waals surface area contributed by atoms with E-state index in [1.807, 2.05) is 18.2 Å². The predicted molar refractivity (Wildman–Crippen MR) is 67.7 cm³/mol. The third kappa shape index (κ3) is 3.28. The Hall–Kier alpha value is -1.39. The summed E-state index contributed by atoms with van der Waals surface area (Å²) in [6.45, 7) is 3.04. The Labute approximate surface area is 102 Å². The molecule has 1 amide bonds. The SMILES string of the molecule is CN1CCC(NCc2cccc(C(N)=O)c2)C1. The van der Waals surface area contributed by atoms with Crippen molar-refractivity contribution in [2.45, 2.75) is 19.0 Å². The van der Waals surface area contributed by atoms with Gasteiger partial charge in [0.1, 0.15) is 0 Å². The van der Waals surface area contributed by atoms with Gasteiger partial charge < -0.3 is 16.0 Å². The van der Waals surface area contributed by atoms with Crippen molar-refractivity contribution < 1.29 is 4.79 Å². The van der Waals surface area contributed by atoms with Crippen LogP contribution in [0.15, 0.2) is 24.3 Å². The van der Waals surface area contributed by atoms with Crippen LogP contribution in [0, 0.1) is 0 Å². The number of rotatable bonds is 4. The number of hydrogen-bond acceptors (Lipinski definition) is 3. The molecular formula is C13H19N3O. The van der Waals surface area contributed by atoms with Gasteiger partial charge in [0, 0.05) is 24.7 Å². The normalized spacial score (nSPS) is 20.6. The molecule has 1 atom stereocenters. The summed E-state index contributed by atoms with van der Waals surface area (Å²) in [5, 5.41) is 3.50. The van der Waals surface area contributed by atoms with Gasteiger partial charge in [0.25, 0.3) is 0 Å². The molecule has 1 saturated heterocycles. The van der Waals surface area contributed by atoms with Crippen LogP contribution in [0.1, 0.15) is 22.3 Å². The summed E-state index contributed by atoms with van der Waals surface area (Å²) in [7, 11) is 2.13. The Bertz CT molecular complexity index is 405. The minimum absolute atomic E-state index is 0.368. The van der Waals surface area contributed by atoms with Crippen LogP contribution in [0.5, 0.6) is 0 Å². The van der Waals surface area contributed by atoms with Crippen molar-refractivity contribution in [2.24, 2.45) is 5.73 Å². The summed E-state index contributed by atoms with van der Waals surface area (Å²) in [4.78, 5) is 13.4. The fourth-order valence-corrected chi connectivity index (χ4v) is 2.20. The van der Waals surface area contributed by atoms with Crippen molar-refractivity contribution in [3.05, 3.63) is 35.4 Å². The molecule has 4 nitrogen and oxygen atoms in total. The lowest BCUT2D eigenvalue weighted by atomic mass is 10.1. The van der Waals surface area contributed by atoms with E-state index in [-0.39, 0.29) is 5.91 Å². The van der Waals surface area contributed by atoms with Crippen LogP contribution in [0.2, 0.25) is 0 Å². The van der Waals surface area contributed by atoms with Gasteiger partial charge >= 0.3 is 0 Å². The third-order valence-corrected chi connectivity index (χ3v) is 3.20. The largest absolute Gasteiger partial charge is 0.366 e. The van der Waals surface area contributed by atoms with E-state index in [4.69, 9.17) is 5.73 Å². The van der Waals surface area contributed by atoms with Gasteiger partial charge in [0.05, 0.1) is 0 Å². The summed E-state index contributed by atoms with van der Waals surface area (Å²) >= 11 is 0. The minimum atomic E-state index is -0.368. The molecule has 1 fully saturated rings. The van der Waals surface area contributed by atoms with Crippen LogP contribution in [0.25, 0.3) is 0 Å². The molecule has 1 aliphatic heterocycles. The zero-order valence-electron chi connectivity index (χ0n) is 10.1. The van der Waals surface area contributed by atoms with Gasteiger partial charge in [-0.1, -0.05) is 12.1 Å². The lowest BCUT2D eigenvalue weighted by molar-refractivity contribution is 0.1000. The van der Waals surface area contributed by atoms with E-state index in [2.05, 4.69) is 17.3 Å². The molecule has 1 heterocycles. The molecule has 1 aromatic carbocycles. The number of hydrogen-bond donors (Lipinski definition) is 2. The second-order valence-corrected chi connectivity index (χ2v) is 4.69. The molecule has 17 heavy (non-hydrogen) atoms. The average molecular weight is 233 g/mol. The van der Waals surface area contributed by atoms with Crippen LogP contribution in [0.4, 0.5) is 0 Å². The van der Waals surface area contributed by atoms with Crippen LogP contribution >= 0.6 is 0 Å². The van der Waals surface area contributed by atoms with E-state index in [9.17, 15) is 4.79 Å². The Balaban J connectivity index is 1.90. The number of carbonyl (C=O) groups excluding carboxylic acids is 1. The smallest absolute Gasteiger partial charge is 0.248 e. The Morgan fingerprint density at radius 2 is 2.41 bits per heavy atom. The highest BCUT2D eigenvalue weighted by molar-refractivity contribution is 5.92. The molecule has 1 aliphatic rings. The lowest BCUT2D eigenvalue weighted by Crippen LogP contribution is -2.31. The molecule has 0 aliphatic carbocycles. The fraction of sp³-hybridized carbons (Fsp3) is 0.462. The number of amides is 1. The maximum absolute atomic E-state index is 11.1. The second-order valence-electron chi connectivity index (χ2n) is 4.69. The third-order valence-electron chi connectivity index (χ3n) is 3.20. The summed E-state index contributed by atoms with van der Waals surface area (Å²) in [6, 6.07) is 8.04. The summed E-state index contributed by atoms with van der Waals surface area (Å²) in [5.74, 6) is -0.368. The zero-order chi connectivity index (χ0) is 12.3. The number of likely N-dealkylation sites (tertiary alicyclic amines) is 1. The topological polar surface area (TPSA) is 58.4 Å². The van der Waals surface area contributed by atoms with Crippen LogP contribution < -0.4 is 11.1 Å². The minimum Gasteiger partial charge on any atom is -0.366 e. The highest BCUT2D eigenvalue weighted by Gasteiger charge is 2.18. The standard InChI is InChI=1S/C13H19N3O/c1-16-6-5-12(9-16)15-8-10-3-2-4-11(7-10)13(14)17/h2-4,7,12,15H,5-6,8-9H2,1H3,(H2,14,17). The Morgan fingerprint density at radius 3 is 3.06 bits per heavy atom. The molecule has 92 valence electrons. The number of primary amides is 1. The molecule has 3 N–H and O–H groups in total. The highest BCUT2D eigenvalue weighted by Crippen LogP contribution is 2.09. The van der Waals surface area contributed by atoms with Crippen LogP contribution in [-0.2, 0) is 6.54 Å². The van der Waals surface area contributed by atoms with Crippen molar-refractivity contribution in [3.8, 4) is 0 Å². The maximum atomic E-state index is 11.1. The number of nitrogens with one attached hydrogen (secondary N) is 1. The summed E-state index contributed by atoms with van der Waals surface area (Å²) < 4.78 is 0. The summed E-state index contributed by atoms with van der Waals surface area (Å²) in [5.41, 5.74) is 6.94. The molecule has 1 unspecified atom stereocenters. The van der Waals surface area contributed by atoms with Gasteiger partial charge in [-0.3, -0.25) is 4.79 Å². The predicted octanol–water partition coefficient (Wildman–Crippen LogP) is 0.579. The Kier molecular flexibility index (Phi) is 3.76. The first kappa shape index (κ1) is 12.1. The molecule has 2 rings (SSSR count). The monoisotopic (exact) mass is 233 g/mol. The second kappa shape index (κ2) is 5.29. The molecule has 0 bridgehead atoms. The Morgan fingerprint density at radius 1 is 1.59 bits per heavy atom. The molecular weight excluding hydrogens is 214 g/mol. The van der Waals surface area contributed by atoms with E-state index >= 15 is 0 Å². The lowest BCUT2D eigenvalue weighted by Gasteiger charge is -2.13. The van der Waals surface area contributed by atoms with E-state index in [0.717, 1.165) is 25.2 Å². The number of nitrogens with zero attached hydrogens (tertiary/aromatic N) is 1. The highest BCUT2D eigenvalue weighted by atomic mass is 16.1. The van der Waals surface area contributed by atoms with Crippen molar-refractivity contribution >= 4 is 5.91 Å². The van der Waals surface area contributed by atoms with Crippen molar-refractivity contribution in [3.63, 3.8) is 0 Å². The fourth-order valence-electron chi connectivity index (χ4n) is 2.20. The zero-order valence-corrected chi connectivity index (χ0v) is 10.1. The van der Waals surface area contributed by atoms with E-state index < -0.39 is 0 Å². The quantitative estimate of drug-likeness (QED) is 0.799. The van der Waals surface area contributed by atoms with Crippen molar-refractivity contribution in [1.82, 2.24) is 10.2 Å². The first-order valence-corrected chi connectivity index (χ1v) is 5.96. The van der Waals surface area contributed by atoms with Gasteiger partial charge in [0.2, 0.25) is 5.91 Å². The average Bonchev–Trinajstić information content (AvgIpc) is 2.73. The van der Waals surface area contributed by atoms with E-state index in [1.54, 1.807) is 6.07 Å². The molecule has 0 spiro atoms. The van der Waals surface area contributed by atoms with Gasteiger partial charge in [-0.05, 0) is 37.7 Å². The van der Waals surface area contributed by atoms with Crippen molar-refractivity contribution in [1.29, 1.82) is 0 Å². The van der Waals surface area contributed by atoms with Crippen LogP contribution in [0.3, 0.4) is 0 Å². The molecule has 0 radical (unpaired) electrons. The van der Waals surface area contributed by atoms with Gasteiger partial charge in [-0.25, -0.2) is 0 Å². The molecule has 4 heteroatoms. The summed E-state index contributed by atoms with van der Waals surface area (Å²) in [6.07, 6.45) is 1.19. The van der Waals surface area contributed by atoms with Gasteiger partial charge in [-0.15, -0.1) is 0 Å². The number of carbonyl (C=O) groups is 1. The van der Waals surface area contributed by atoms with E-state index in [1.165, 1.54) is 6.42 Å². The van der Waals surface area contributed by atoms with Gasteiger partial charge in [-0.2, -0.15) is 0 Å². The maximum Gasteiger partial charge on any atom is 0.248 e. The molecule has 1 aromatic rings. The van der Waals surface area contributed by atoms with Gasteiger partial charge in [0.15, 0.2) is 0 Å². The van der Waals surface area contributed by atoms with Crippen LogP contribution in [-0.4, -0.2) is 37.0 Å². The first-order chi connectivity index (χ1) is 8.15. The van der Waals surface area contributed by atoms with E-state index in [0.29, 0.717) is 11.6 Å².